The number of carbonyl (C=O) groups is 2. The molecule has 19 nitrogen and oxygen atoms in total. The van der Waals surface area contributed by atoms with Crippen molar-refractivity contribution in [3.05, 3.63) is 11.6 Å². The van der Waals surface area contributed by atoms with Crippen LogP contribution in [-0.2, 0) is 57.0 Å². The average Bonchev–Trinajstić information content (AvgIpc) is 3.80. The van der Waals surface area contributed by atoms with Crippen LogP contribution in [0.5, 0.6) is 0 Å². The fourth-order valence-electron chi connectivity index (χ4n) is 16.6. The molecule has 9 fully saturated rings. The summed E-state index contributed by atoms with van der Waals surface area (Å²) in [5.74, 6) is -1.97. The first-order chi connectivity index (χ1) is 33.2. The van der Waals surface area contributed by atoms with Crippen LogP contribution in [0.1, 0.15) is 128 Å². The molecule has 5 aliphatic heterocycles. The lowest BCUT2D eigenvalue weighted by molar-refractivity contribution is -0.385. The number of carbonyl (C=O) groups excluding carboxylic acids is 2. The number of aliphatic hydroxyl groups excluding tert-OH is 7. The van der Waals surface area contributed by atoms with Gasteiger partial charge in [0.1, 0.15) is 48.8 Å². The van der Waals surface area contributed by atoms with Crippen LogP contribution in [0.2, 0.25) is 0 Å². The number of fused-ring (bicyclic) bond motifs is 4. The second kappa shape index (κ2) is 19.0. The van der Waals surface area contributed by atoms with E-state index in [9.17, 15) is 45.3 Å². The van der Waals surface area contributed by atoms with Gasteiger partial charge >= 0.3 is 11.9 Å². The van der Waals surface area contributed by atoms with E-state index in [4.69, 9.17) is 47.4 Å². The zero-order valence-electron chi connectivity index (χ0n) is 43.3. The summed E-state index contributed by atoms with van der Waals surface area (Å²) in [5.41, 5.74) is -0.996. The van der Waals surface area contributed by atoms with Crippen molar-refractivity contribution in [1.29, 1.82) is 0 Å². The number of hydrogen-bond acceptors (Lipinski definition) is 19. The lowest BCUT2D eigenvalue weighted by atomic mass is 9.35. The molecule has 2 spiro atoms. The first-order valence-corrected chi connectivity index (χ1v) is 26.1. The maximum absolute atomic E-state index is 12.6. The van der Waals surface area contributed by atoms with Gasteiger partial charge in [-0.25, -0.2) is 0 Å². The number of allylic oxidation sites excluding steroid dienone is 1. The normalized spacial score (nSPS) is 54.1. The quantitative estimate of drug-likeness (QED) is 0.0942. The zero-order chi connectivity index (χ0) is 51.7. The standard InChI is InChI=1S/C52H82O19/c1-23(2)18-28-19-50(11,71-46-42(66-27(6)55)40(65-26(5)54)35(57)25(4)64-46)43-29-12-13-32-48(9)16-15-33(47(7,8)31(48)14-17-49(32,10)51(29)21-52(43,70-28)62-22-51)68-45-41(38(60)36(58)30(20-53)67-45)69-44-39(61)37(59)34(56)24(3)63-44/h18,24-25,28-46,53,56-61H,12-17,19-22H2,1-11H3/t24-,25-,28-,29+,30+,31-,32+,33-,34-,35-,36+,37+,38-,39+,40+,41+,42+,43-,44-,45-,46-,48-,49+,50-,51-,52-/m0/s1. The van der Waals surface area contributed by atoms with Crippen LogP contribution in [0.25, 0.3) is 0 Å². The number of rotatable bonds is 10. The maximum Gasteiger partial charge on any atom is 0.303 e. The number of esters is 2. The van der Waals surface area contributed by atoms with E-state index < -0.39 is 134 Å². The molecule has 2 bridgehead atoms. The van der Waals surface area contributed by atoms with E-state index in [1.54, 1.807) is 6.92 Å². The first-order valence-electron chi connectivity index (χ1n) is 26.1. The second-order valence-electron chi connectivity index (χ2n) is 24.5. The van der Waals surface area contributed by atoms with Gasteiger partial charge in [-0.3, -0.25) is 9.59 Å². The Balaban J connectivity index is 0.993. The van der Waals surface area contributed by atoms with E-state index >= 15 is 0 Å². The number of ether oxygens (including phenoxy) is 10. The fraction of sp³-hybridized carbons (Fsp3) is 0.923. The molecule has 0 aromatic rings. The maximum atomic E-state index is 12.6. The van der Waals surface area contributed by atoms with Gasteiger partial charge in [0.05, 0.1) is 43.2 Å². The van der Waals surface area contributed by atoms with Crippen LogP contribution in [0, 0.1) is 45.3 Å². The van der Waals surface area contributed by atoms with Crippen molar-refractivity contribution in [2.45, 2.75) is 243 Å². The third kappa shape index (κ3) is 8.59. The van der Waals surface area contributed by atoms with Crippen LogP contribution < -0.4 is 0 Å². The molecule has 0 unspecified atom stereocenters. The predicted octanol–water partition coefficient (Wildman–Crippen LogP) is 2.52. The molecule has 4 saturated carbocycles. The highest BCUT2D eigenvalue weighted by Gasteiger charge is 2.81. The molecule has 0 aromatic heterocycles. The number of aliphatic hydroxyl groups is 7. The third-order valence-electron chi connectivity index (χ3n) is 19.7. The largest absolute Gasteiger partial charge is 0.455 e. The van der Waals surface area contributed by atoms with Gasteiger partial charge in [0.15, 0.2) is 36.9 Å². The number of hydrogen-bond donors (Lipinski definition) is 7. The Morgan fingerprint density at radius 3 is 2.00 bits per heavy atom. The van der Waals surface area contributed by atoms with Crippen molar-refractivity contribution in [3.8, 4) is 0 Å². The van der Waals surface area contributed by atoms with Gasteiger partial charge in [0.25, 0.3) is 0 Å². The smallest absolute Gasteiger partial charge is 0.303 e. The van der Waals surface area contributed by atoms with E-state index in [0.29, 0.717) is 25.9 Å². The molecule has 9 rings (SSSR count). The molecule has 9 aliphatic rings. The van der Waals surface area contributed by atoms with Crippen LogP contribution in [0.15, 0.2) is 11.6 Å². The summed E-state index contributed by atoms with van der Waals surface area (Å²) in [4.78, 5) is 25.0. The van der Waals surface area contributed by atoms with Gasteiger partial charge in [0, 0.05) is 38.0 Å². The predicted molar refractivity (Wildman–Crippen MR) is 247 cm³/mol. The highest BCUT2D eigenvalue weighted by Crippen LogP contribution is 2.80. The van der Waals surface area contributed by atoms with E-state index in [0.717, 1.165) is 37.7 Å². The molecule has 404 valence electrons. The SMILES string of the molecule is CC(=O)O[C@@H]1[C@@H](O)[C@H](C)O[C@@H](O[C@@]2(C)C[C@H](C=C(C)C)O[C@]34C[C@]5(CO3)[C@H](CC[C@@H]3[C@@]6(C)CC[C@H](O[C@@H]7O[C@H](CO)[C@@H](O)[C@H](O)[C@H]7O[C@@H]7O[C@@H](C)[C@H](O)[C@@H](O)[C@H]7O)C(C)(C)[C@@H]6CC[C@]35C)[C@H]42)[C@@H]1OC(C)=O. The van der Waals surface area contributed by atoms with Crippen molar-refractivity contribution < 1.29 is 92.7 Å². The molecule has 5 saturated heterocycles. The van der Waals surface area contributed by atoms with Gasteiger partial charge < -0.3 is 83.1 Å². The Morgan fingerprint density at radius 1 is 0.676 bits per heavy atom. The summed E-state index contributed by atoms with van der Waals surface area (Å²) in [6.07, 6.45) is -12.5. The summed E-state index contributed by atoms with van der Waals surface area (Å²) in [6.45, 7) is 21.1. The monoisotopic (exact) mass is 1010 g/mol. The molecule has 26 atom stereocenters. The molecule has 5 heterocycles. The van der Waals surface area contributed by atoms with Crippen LogP contribution >= 0.6 is 0 Å². The first kappa shape index (κ1) is 53.9. The minimum absolute atomic E-state index is 0.117. The molecule has 71 heavy (non-hydrogen) atoms. The van der Waals surface area contributed by atoms with Crippen LogP contribution in [0.3, 0.4) is 0 Å². The van der Waals surface area contributed by atoms with E-state index in [1.807, 2.05) is 13.8 Å². The molecule has 0 aromatic carbocycles. The second-order valence-corrected chi connectivity index (χ2v) is 24.5. The van der Waals surface area contributed by atoms with Crippen LogP contribution in [0.4, 0.5) is 0 Å². The van der Waals surface area contributed by atoms with Crippen molar-refractivity contribution in [2.24, 2.45) is 45.3 Å². The zero-order valence-corrected chi connectivity index (χ0v) is 43.3. The van der Waals surface area contributed by atoms with Gasteiger partial charge in [0.2, 0.25) is 0 Å². The molecule has 4 aliphatic carbocycles. The molecular formula is C52H82O19. The van der Waals surface area contributed by atoms with E-state index in [1.165, 1.54) is 20.8 Å². The Kier molecular flexibility index (Phi) is 14.4. The van der Waals surface area contributed by atoms with Gasteiger partial charge in [-0.2, -0.15) is 0 Å². The van der Waals surface area contributed by atoms with Crippen LogP contribution in [-0.4, -0.2) is 177 Å². The minimum atomic E-state index is -1.68. The average molecular weight is 1010 g/mol. The highest BCUT2D eigenvalue weighted by atomic mass is 16.8. The molecule has 19 heteroatoms. The molecule has 0 radical (unpaired) electrons. The summed E-state index contributed by atoms with van der Waals surface area (Å²) < 4.78 is 64.2. The Labute approximate surface area is 417 Å². The van der Waals surface area contributed by atoms with Crippen molar-refractivity contribution in [3.63, 3.8) is 0 Å². The highest BCUT2D eigenvalue weighted by molar-refractivity contribution is 5.67. The summed E-state index contributed by atoms with van der Waals surface area (Å²) in [5, 5.41) is 75.6. The lowest BCUT2D eigenvalue weighted by Crippen LogP contribution is -2.69. The summed E-state index contributed by atoms with van der Waals surface area (Å²) in [6, 6.07) is 0. The minimum Gasteiger partial charge on any atom is -0.455 e. The molecule has 7 N–H and O–H groups in total. The Hall–Kier alpha value is -1.92. The van der Waals surface area contributed by atoms with E-state index in [2.05, 4.69) is 40.7 Å². The van der Waals surface area contributed by atoms with Gasteiger partial charge in [-0.05, 0) is 107 Å². The van der Waals surface area contributed by atoms with E-state index in [-0.39, 0.29) is 46.0 Å². The topological polar surface area (TPSA) is 268 Å². The van der Waals surface area contributed by atoms with Crippen molar-refractivity contribution in [1.82, 2.24) is 0 Å². The Bertz CT molecular complexity index is 2020. The van der Waals surface area contributed by atoms with Gasteiger partial charge in [-0.1, -0.05) is 39.3 Å². The van der Waals surface area contributed by atoms with Gasteiger partial charge in [-0.15, -0.1) is 0 Å². The lowest BCUT2D eigenvalue weighted by Gasteiger charge is -2.70. The fourth-order valence-corrected chi connectivity index (χ4v) is 16.6. The summed E-state index contributed by atoms with van der Waals surface area (Å²) >= 11 is 0. The molecule has 0 amide bonds. The molecular weight excluding hydrogens is 929 g/mol. The summed E-state index contributed by atoms with van der Waals surface area (Å²) in [7, 11) is 0. The van der Waals surface area contributed by atoms with Crippen molar-refractivity contribution in [2.75, 3.05) is 13.2 Å². The van der Waals surface area contributed by atoms with Crippen molar-refractivity contribution >= 4 is 11.9 Å². The Morgan fingerprint density at radius 2 is 1.34 bits per heavy atom. The third-order valence-corrected chi connectivity index (χ3v) is 19.7.